The summed E-state index contributed by atoms with van der Waals surface area (Å²) in [5.41, 5.74) is 2.29. The van der Waals surface area contributed by atoms with Crippen LogP contribution in [0.2, 0.25) is 0 Å². The van der Waals surface area contributed by atoms with Gasteiger partial charge in [-0.1, -0.05) is 26.8 Å². The normalized spacial score (nSPS) is 11.7. The van der Waals surface area contributed by atoms with Crippen molar-refractivity contribution in [2.24, 2.45) is 0 Å². The minimum atomic E-state index is 0.0766. The number of rotatable bonds is 4. The van der Waals surface area contributed by atoms with Crippen LogP contribution in [0.3, 0.4) is 0 Å². The first kappa shape index (κ1) is 15.5. The van der Waals surface area contributed by atoms with Crippen LogP contribution in [0.25, 0.3) is 10.6 Å². The fraction of sp³-hybridized carbons (Fsp3) is 0.400. The second-order valence-electron chi connectivity index (χ2n) is 5.49. The lowest BCUT2D eigenvalue weighted by Crippen LogP contribution is -2.11. The molecule has 1 heterocycles. The SMILES string of the molecule is COCOc1cc(C(C)(C)C)ccc1-c1nc(Br)cs1. The molecule has 0 saturated carbocycles. The Bertz CT molecular complexity index is 590. The van der Waals surface area contributed by atoms with Gasteiger partial charge in [-0.3, -0.25) is 0 Å². The molecule has 0 spiro atoms. The summed E-state index contributed by atoms with van der Waals surface area (Å²) < 4.78 is 11.6. The molecular weight excluding hydrogens is 338 g/mol. The van der Waals surface area contributed by atoms with Crippen LogP contribution < -0.4 is 4.74 Å². The molecule has 0 aliphatic heterocycles. The Morgan fingerprint density at radius 3 is 2.60 bits per heavy atom. The van der Waals surface area contributed by atoms with Gasteiger partial charge in [-0.05, 0) is 39.0 Å². The van der Waals surface area contributed by atoms with Crippen LogP contribution in [0.4, 0.5) is 0 Å². The van der Waals surface area contributed by atoms with Crippen LogP contribution in [0.15, 0.2) is 28.2 Å². The number of thiazole rings is 1. The van der Waals surface area contributed by atoms with Crippen LogP contribution in [-0.2, 0) is 10.2 Å². The molecule has 0 saturated heterocycles. The second-order valence-corrected chi connectivity index (χ2v) is 7.16. The monoisotopic (exact) mass is 355 g/mol. The standard InChI is InChI=1S/C15H18BrNO2S/c1-15(2,3)10-5-6-11(12(7-10)19-9-18-4)14-17-13(16)8-20-14/h5-8H,9H2,1-4H3. The van der Waals surface area contributed by atoms with E-state index >= 15 is 0 Å². The fourth-order valence-corrected chi connectivity index (χ4v) is 3.07. The largest absolute Gasteiger partial charge is 0.467 e. The highest BCUT2D eigenvalue weighted by Gasteiger charge is 2.18. The summed E-state index contributed by atoms with van der Waals surface area (Å²) in [6, 6.07) is 6.27. The third-order valence-electron chi connectivity index (χ3n) is 2.89. The minimum Gasteiger partial charge on any atom is -0.467 e. The lowest BCUT2D eigenvalue weighted by molar-refractivity contribution is 0.0514. The van der Waals surface area contributed by atoms with Crippen molar-refractivity contribution in [3.05, 3.63) is 33.7 Å². The van der Waals surface area contributed by atoms with Crippen molar-refractivity contribution in [1.82, 2.24) is 4.98 Å². The average molecular weight is 356 g/mol. The van der Waals surface area contributed by atoms with Crippen molar-refractivity contribution in [3.8, 4) is 16.3 Å². The third kappa shape index (κ3) is 3.59. The number of methoxy groups -OCH3 is 1. The highest BCUT2D eigenvalue weighted by molar-refractivity contribution is 9.10. The molecule has 0 amide bonds. The van der Waals surface area contributed by atoms with Gasteiger partial charge in [-0.15, -0.1) is 11.3 Å². The molecule has 2 rings (SSSR count). The molecule has 0 radical (unpaired) electrons. The predicted molar refractivity (Wildman–Crippen MR) is 86.5 cm³/mol. The summed E-state index contributed by atoms with van der Waals surface area (Å²) in [6.07, 6.45) is 0. The number of halogens is 1. The summed E-state index contributed by atoms with van der Waals surface area (Å²) in [5.74, 6) is 0.807. The molecule has 5 heteroatoms. The van der Waals surface area contributed by atoms with E-state index in [9.17, 15) is 0 Å². The zero-order chi connectivity index (χ0) is 14.8. The van der Waals surface area contributed by atoms with Gasteiger partial charge in [0.2, 0.25) is 0 Å². The van der Waals surface area contributed by atoms with Gasteiger partial charge >= 0.3 is 0 Å². The predicted octanol–water partition coefficient (Wildman–Crippen LogP) is 4.85. The van der Waals surface area contributed by atoms with Crippen LogP contribution in [-0.4, -0.2) is 18.9 Å². The van der Waals surface area contributed by atoms with Crippen molar-refractivity contribution in [2.75, 3.05) is 13.9 Å². The van der Waals surface area contributed by atoms with Crippen molar-refractivity contribution in [3.63, 3.8) is 0 Å². The van der Waals surface area contributed by atoms with E-state index in [1.165, 1.54) is 5.56 Å². The molecule has 0 fully saturated rings. The van der Waals surface area contributed by atoms with Gasteiger partial charge in [-0.25, -0.2) is 4.98 Å². The first-order chi connectivity index (χ1) is 9.41. The van der Waals surface area contributed by atoms with E-state index in [-0.39, 0.29) is 12.2 Å². The molecule has 3 nitrogen and oxygen atoms in total. The molecule has 0 aliphatic carbocycles. The molecule has 0 atom stereocenters. The van der Waals surface area contributed by atoms with E-state index in [0.717, 1.165) is 20.9 Å². The zero-order valence-electron chi connectivity index (χ0n) is 12.1. The van der Waals surface area contributed by atoms with E-state index in [1.54, 1.807) is 18.4 Å². The highest BCUT2D eigenvalue weighted by atomic mass is 79.9. The van der Waals surface area contributed by atoms with Gasteiger partial charge in [0.05, 0.1) is 5.56 Å². The van der Waals surface area contributed by atoms with Gasteiger partial charge in [0.15, 0.2) is 6.79 Å². The Morgan fingerprint density at radius 2 is 2.05 bits per heavy atom. The molecule has 20 heavy (non-hydrogen) atoms. The maximum Gasteiger partial charge on any atom is 0.188 e. The first-order valence-corrected chi connectivity index (χ1v) is 7.97. The van der Waals surface area contributed by atoms with E-state index in [4.69, 9.17) is 9.47 Å². The van der Waals surface area contributed by atoms with Gasteiger partial charge in [0.1, 0.15) is 15.4 Å². The molecule has 2 aromatic rings. The second kappa shape index (κ2) is 6.24. The molecule has 108 valence electrons. The number of benzene rings is 1. The Kier molecular flexibility index (Phi) is 4.83. The van der Waals surface area contributed by atoms with Gasteiger partial charge in [0.25, 0.3) is 0 Å². The maximum atomic E-state index is 5.71. The number of hydrogen-bond donors (Lipinski definition) is 0. The Balaban J connectivity index is 2.45. The van der Waals surface area contributed by atoms with E-state index in [0.29, 0.717) is 0 Å². The topological polar surface area (TPSA) is 31.4 Å². The first-order valence-electron chi connectivity index (χ1n) is 6.29. The maximum absolute atomic E-state index is 5.71. The number of ether oxygens (including phenoxy) is 2. The highest BCUT2D eigenvalue weighted by Crippen LogP contribution is 2.36. The molecule has 0 bridgehead atoms. The Morgan fingerprint density at radius 1 is 1.30 bits per heavy atom. The van der Waals surface area contributed by atoms with E-state index in [1.807, 2.05) is 5.38 Å². The quantitative estimate of drug-likeness (QED) is 0.734. The molecule has 1 aromatic carbocycles. The summed E-state index contributed by atoms with van der Waals surface area (Å²) in [6.45, 7) is 6.78. The molecular formula is C15H18BrNO2S. The molecule has 0 aliphatic rings. The summed E-state index contributed by atoms with van der Waals surface area (Å²) >= 11 is 4.97. The lowest BCUT2D eigenvalue weighted by Gasteiger charge is -2.21. The Labute approximate surface area is 132 Å². The molecule has 0 unspecified atom stereocenters. The van der Waals surface area contributed by atoms with Crippen LogP contribution in [0, 0.1) is 0 Å². The Hall–Kier alpha value is -0.910. The van der Waals surface area contributed by atoms with Crippen molar-refractivity contribution < 1.29 is 9.47 Å². The van der Waals surface area contributed by atoms with Crippen molar-refractivity contribution in [1.29, 1.82) is 0 Å². The van der Waals surface area contributed by atoms with E-state index in [2.05, 4.69) is 59.9 Å². The number of hydrogen-bond acceptors (Lipinski definition) is 4. The van der Waals surface area contributed by atoms with Gasteiger partial charge in [-0.2, -0.15) is 0 Å². The smallest absolute Gasteiger partial charge is 0.188 e. The van der Waals surface area contributed by atoms with Gasteiger partial charge < -0.3 is 9.47 Å². The lowest BCUT2D eigenvalue weighted by atomic mass is 9.86. The average Bonchev–Trinajstić information content (AvgIpc) is 2.81. The zero-order valence-corrected chi connectivity index (χ0v) is 14.5. The van der Waals surface area contributed by atoms with Crippen LogP contribution in [0.1, 0.15) is 26.3 Å². The van der Waals surface area contributed by atoms with Crippen molar-refractivity contribution in [2.45, 2.75) is 26.2 Å². The summed E-state index contributed by atoms with van der Waals surface area (Å²) in [7, 11) is 1.62. The van der Waals surface area contributed by atoms with Crippen molar-refractivity contribution >= 4 is 27.3 Å². The number of nitrogens with zero attached hydrogens (tertiary/aromatic N) is 1. The minimum absolute atomic E-state index is 0.0766. The number of aromatic nitrogens is 1. The van der Waals surface area contributed by atoms with E-state index < -0.39 is 0 Å². The molecule has 0 N–H and O–H groups in total. The fourth-order valence-electron chi connectivity index (χ4n) is 1.79. The molecule has 1 aromatic heterocycles. The van der Waals surface area contributed by atoms with Gasteiger partial charge in [0, 0.05) is 12.5 Å². The third-order valence-corrected chi connectivity index (χ3v) is 4.47. The summed E-state index contributed by atoms with van der Waals surface area (Å²) in [5, 5.41) is 2.90. The van der Waals surface area contributed by atoms with Crippen LogP contribution in [0.5, 0.6) is 5.75 Å². The summed E-state index contributed by atoms with van der Waals surface area (Å²) in [4.78, 5) is 4.46. The van der Waals surface area contributed by atoms with Crippen LogP contribution >= 0.6 is 27.3 Å².